The van der Waals surface area contributed by atoms with Crippen LogP contribution >= 0.6 is 0 Å². The predicted molar refractivity (Wildman–Crippen MR) is 82.5 cm³/mol. The number of amides is 1. The van der Waals surface area contributed by atoms with Crippen molar-refractivity contribution in [2.24, 2.45) is 0 Å². The molecule has 1 aliphatic heterocycles. The average molecular weight is 275 g/mol. The molecule has 2 rings (SSSR count). The summed E-state index contributed by atoms with van der Waals surface area (Å²) in [6.07, 6.45) is 0.468. The van der Waals surface area contributed by atoms with E-state index in [-0.39, 0.29) is 11.4 Å². The van der Waals surface area contributed by atoms with Crippen molar-refractivity contribution in [2.75, 3.05) is 31.9 Å². The van der Waals surface area contributed by atoms with Crippen molar-refractivity contribution in [2.45, 2.75) is 32.7 Å². The van der Waals surface area contributed by atoms with Crippen LogP contribution < -0.4 is 5.73 Å². The summed E-state index contributed by atoms with van der Waals surface area (Å²) in [4.78, 5) is 16.7. The van der Waals surface area contributed by atoms with Gasteiger partial charge in [0.1, 0.15) is 0 Å². The quantitative estimate of drug-likeness (QED) is 0.837. The van der Waals surface area contributed by atoms with E-state index in [1.807, 2.05) is 29.2 Å². The van der Waals surface area contributed by atoms with Crippen molar-refractivity contribution in [3.8, 4) is 0 Å². The van der Waals surface area contributed by atoms with Gasteiger partial charge in [-0.3, -0.25) is 9.69 Å². The van der Waals surface area contributed by atoms with Crippen LogP contribution in [0.15, 0.2) is 24.3 Å². The fraction of sp³-hybridized carbons (Fsp3) is 0.562. The topological polar surface area (TPSA) is 49.6 Å². The molecule has 0 bridgehead atoms. The maximum atomic E-state index is 12.3. The Morgan fingerprint density at radius 3 is 2.15 bits per heavy atom. The number of anilines is 1. The molecule has 1 fully saturated rings. The average Bonchev–Trinajstić information content (AvgIpc) is 2.40. The summed E-state index contributed by atoms with van der Waals surface area (Å²) < 4.78 is 0. The molecule has 20 heavy (non-hydrogen) atoms. The summed E-state index contributed by atoms with van der Waals surface area (Å²) >= 11 is 0. The maximum absolute atomic E-state index is 12.3. The van der Waals surface area contributed by atoms with Gasteiger partial charge in [0.15, 0.2) is 0 Å². The van der Waals surface area contributed by atoms with E-state index in [2.05, 4.69) is 25.7 Å². The molecular weight excluding hydrogens is 250 g/mol. The lowest BCUT2D eigenvalue weighted by Gasteiger charge is -2.42. The molecule has 0 radical (unpaired) electrons. The number of carbonyl (C=O) groups excluding carboxylic acids is 1. The van der Waals surface area contributed by atoms with E-state index in [9.17, 15) is 4.79 Å². The molecular formula is C16H25N3O. The van der Waals surface area contributed by atoms with E-state index in [0.29, 0.717) is 6.42 Å². The summed E-state index contributed by atoms with van der Waals surface area (Å²) in [7, 11) is 0. The minimum absolute atomic E-state index is 0.187. The SMILES string of the molecule is CC(C)(C)N1CCN(C(=O)Cc2ccc(N)cc2)CC1. The molecule has 1 aromatic carbocycles. The van der Waals surface area contributed by atoms with E-state index >= 15 is 0 Å². The normalized spacial score (nSPS) is 17.2. The van der Waals surface area contributed by atoms with Gasteiger partial charge in [-0.1, -0.05) is 12.1 Å². The lowest BCUT2D eigenvalue weighted by molar-refractivity contribution is -0.133. The Kier molecular flexibility index (Phi) is 4.33. The Morgan fingerprint density at radius 1 is 1.10 bits per heavy atom. The van der Waals surface area contributed by atoms with Gasteiger partial charge in [-0.25, -0.2) is 0 Å². The van der Waals surface area contributed by atoms with Gasteiger partial charge in [-0.2, -0.15) is 0 Å². The van der Waals surface area contributed by atoms with Crippen molar-refractivity contribution in [1.29, 1.82) is 0 Å². The fourth-order valence-corrected chi connectivity index (χ4v) is 2.55. The summed E-state index contributed by atoms with van der Waals surface area (Å²) in [6.45, 7) is 10.2. The number of rotatable bonds is 2. The molecule has 0 spiro atoms. The zero-order valence-electron chi connectivity index (χ0n) is 12.7. The van der Waals surface area contributed by atoms with Crippen LogP contribution in [0, 0.1) is 0 Å². The summed E-state index contributed by atoms with van der Waals surface area (Å²) in [5.74, 6) is 0.211. The van der Waals surface area contributed by atoms with Crippen LogP contribution in [0.4, 0.5) is 5.69 Å². The second-order valence-electron chi connectivity index (χ2n) is 6.46. The summed E-state index contributed by atoms with van der Waals surface area (Å²) in [5, 5.41) is 0. The summed E-state index contributed by atoms with van der Waals surface area (Å²) in [5.41, 5.74) is 7.61. The molecule has 0 aromatic heterocycles. The highest BCUT2D eigenvalue weighted by Gasteiger charge is 2.27. The highest BCUT2D eigenvalue weighted by molar-refractivity contribution is 5.79. The molecule has 1 amide bonds. The van der Waals surface area contributed by atoms with Gasteiger partial charge in [0.25, 0.3) is 0 Å². The Hall–Kier alpha value is -1.55. The molecule has 4 nitrogen and oxygen atoms in total. The fourth-order valence-electron chi connectivity index (χ4n) is 2.55. The zero-order valence-corrected chi connectivity index (χ0v) is 12.7. The molecule has 1 saturated heterocycles. The molecule has 1 aliphatic rings. The minimum atomic E-state index is 0.187. The maximum Gasteiger partial charge on any atom is 0.227 e. The smallest absolute Gasteiger partial charge is 0.227 e. The lowest BCUT2D eigenvalue weighted by atomic mass is 10.0. The summed E-state index contributed by atoms with van der Waals surface area (Å²) in [6, 6.07) is 7.55. The van der Waals surface area contributed by atoms with Crippen molar-refractivity contribution in [3.63, 3.8) is 0 Å². The van der Waals surface area contributed by atoms with Gasteiger partial charge in [0.05, 0.1) is 6.42 Å². The molecule has 0 saturated carbocycles. The third-order valence-corrected chi connectivity index (χ3v) is 3.92. The van der Waals surface area contributed by atoms with Crippen LogP contribution in [-0.4, -0.2) is 47.4 Å². The predicted octanol–water partition coefficient (Wildman–Crippen LogP) is 1.75. The van der Waals surface area contributed by atoms with Crippen molar-refractivity contribution >= 4 is 11.6 Å². The molecule has 2 N–H and O–H groups in total. The number of carbonyl (C=O) groups is 1. The van der Waals surface area contributed by atoms with Gasteiger partial charge >= 0.3 is 0 Å². The number of benzene rings is 1. The van der Waals surface area contributed by atoms with Crippen LogP contribution in [0.1, 0.15) is 26.3 Å². The van der Waals surface area contributed by atoms with Gasteiger partial charge in [-0.15, -0.1) is 0 Å². The number of nitrogens with zero attached hydrogens (tertiary/aromatic N) is 2. The van der Waals surface area contributed by atoms with Crippen LogP contribution in [0.3, 0.4) is 0 Å². The highest BCUT2D eigenvalue weighted by atomic mass is 16.2. The molecule has 0 unspecified atom stereocenters. The standard InChI is InChI=1S/C16H25N3O/c1-16(2,3)19-10-8-18(9-11-19)15(20)12-13-4-6-14(17)7-5-13/h4-7H,8-12,17H2,1-3H3. The molecule has 110 valence electrons. The molecule has 0 aliphatic carbocycles. The van der Waals surface area contributed by atoms with Crippen LogP contribution in [0.25, 0.3) is 0 Å². The van der Waals surface area contributed by atoms with Crippen LogP contribution in [0.5, 0.6) is 0 Å². The van der Waals surface area contributed by atoms with E-state index in [4.69, 9.17) is 5.73 Å². The largest absolute Gasteiger partial charge is 0.399 e. The third-order valence-electron chi connectivity index (χ3n) is 3.92. The molecule has 1 aromatic rings. The number of nitrogen functional groups attached to an aromatic ring is 1. The van der Waals surface area contributed by atoms with Crippen molar-refractivity contribution in [1.82, 2.24) is 9.80 Å². The Morgan fingerprint density at radius 2 is 1.65 bits per heavy atom. The third kappa shape index (κ3) is 3.73. The van der Waals surface area contributed by atoms with Crippen molar-refractivity contribution < 1.29 is 4.79 Å². The highest BCUT2D eigenvalue weighted by Crippen LogP contribution is 2.16. The monoisotopic (exact) mass is 275 g/mol. The first-order chi connectivity index (χ1) is 9.36. The van der Waals surface area contributed by atoms with E-state index in [0.717, 1.165) is 37.4 Å². The van der Waals surface area contributed by atoms with E-state index in [1.165, 1.54) is 0 Å². The first kappa shape index (κ1) is 14.9. The second kappa shape index (κ2) is 5.83. The minimum Gasteiger partial charge on any atom is -0.399 e. The first-order valence-corrected chi connectivity index (χ1v) is 7.23. The van der Waals surface area contributed by atoms with Gasteiger partial charge in [0.2, 0.25) is 5.91 Å². The van der Waals surface area contributed by atoms with Crippen LogP contribution in [-0.2, 0) is 11.2 Å². The van der Waals surface area contributed by atoms with Crippen molar-refractivity contribution in [3.05, 3.63) is 29.8 Å². The van der Waals surface area contributed by atoms with Gasteiger partial charge < -0.3 is 10.6 Å². The van der Waals surface area contributed by atoms with Crippen LogP contribution in [0.2, 0.25) is 0 Å². The lowest BCUT2D eigenvalue weighted by Crippen LogP contribution is -2.54. The second-order valence-corrected chi connectivity index (χ2v) is 6.46. The Balaban J connectivity index is 1.87. The molecule has 4 heteroatoms. The van der Waals surface area contributed by atoms with E-state index in [1.54, 1.807) is 0 Å². The zero-order chi connectivity index (χ0) is 14.8. The van der Waals surface area contributed by atoms with Gasteiger partial charge in [0, 0.05) is 37.4 Å². The molecule has 1 heterocycles. The number of hydrogen-bond acceptors (Lipinski definition) is 3. The number of piperazine rings is 1. The Bertz CT molecular complexity index is 454. The number of nitrogens with two attached hydrogens (primary N) is 1. The number of hydrogen-bond donors (Lipinski definition) is 1. The van der Waals surface area contributed by atoms with E-state index < -0.39 is 0 Å². The first-order valence-electron chi connectivity index (χ1n) is 7.23. The Labute approximate surface area is 121 Å². The molecule has 0 atom stereocenters. The van der Waals surface area contributed by atoms with Gasteiger partial charge in [-0.05, 0) is 38.5 Å².